The van der Waals surface area contributed by atoms with E-state index < -0.39 is 0 Å². The van der Waals surface area contributed by atoms with Gasteiger partial charge in [-0.2, -0.15) is 0 Å². The zero-order valence-electron chi connectivity index (χ0n) is 21.3. The lowest BCUT2D eigenvalue weighted by Crippen LogP contribution is -2.69. The van der Waals surface area contributed by atoms with Crippen LogP contribution in [0.15, 0.2) is 28.7 Å². The highest BCUT2D eigenvalue weighted by Gasteiger charge is 2.62. The van der Waals surface area contributed by atoms with Crippen LogP contribution in [0.25, 0.3) is 0 Å². The number of ether oxygens (including phenoxy) is 1. The van der Waals surface area contributed by atoms with Gasteiger partial charge in [0.15, 0.2) is 0 Å². The minimum atomic E-state index is -0.0776. The summed E-state index contributed by atoms with van der Waals surface area (Å²) in [4.78, 5) is 32.5. The number of fused-ring (bicyclic) bond motifs is 2. The standard InChI is InChI=1S/C26H35N7O3/c1-5-21(34)31-9-16-17(10-31)18(16)11-32-13-19(27-20-12-30(3)28-24(20)36-4)22-23(25(32)35)33(14-29(22)2)26-6-15(7-26)8-26/h5,13,15-18,20,27H,1,6-12,14H2,2-4H3. The second kappa shape index (κ2) is 7.43. The molecule has 1 N–H and O–H groups in total. The molecule has 10 nitrogen and oxygen atoms in total. The Morgan fingerprint density at radius 3 is 2.56 bits per heavy atom. The molecular formula is C26H35N7O3. The fourth-order valence-corrected chi connectivity index (χ4v) is 7.57. The number of nitrogens with zero attached hydrogens (tertiary/aromatic N) is 6. The summed E-state index contributed by atoms with van der Waals surface area (Å²) in [6.45, 7) is 7.30. The molecule has 0 spiro atoms. The van der Waals surface area contributed by atoms with E-state index in [1.54, 1.807) is 7.11 Å². The lowest BCUT2D eigenvalue weighted by Gasteiger charge is -2.66. The predicted octanol–water partition coefficient (Wildman–Crippen LogP) is 1.19. The molecule has 192 valence electrons. The Kier molecular flexibility index (Phi) is 4.55. The molecule has 4 heterocycles. The maximum absolute atomic E-state index is 14.0. The van der Waals surface area contributed by atoms with Crippen molar-refractivity contribution < 1.29 is 9.53 Å². The van der Waals surface area contributed by atoms with Crippen molar-refractivity contribution in [3.05, 3.63) is 29.2 Å². The predicted molar refractivity (Wildman–Crippen MR) is 138 cm³/mol. The second-order valence-corrected chi connectivity index (χ2v) is 11.8. The van der Waals surface area contributed by atoms with E-state index in [0.717, 1.165) is 42.7 Å². The van der Waals surface area contributed by atoms with Crippen LogP contribution in [0.4, 0.5) is 17.1 Å². The summed E-state index contributed by atoms with van der Waals surface area (Å²) in [6.07, 6.45) is 7.01. The van der Waals surface area contributed by atoms with E-state index in [0.29, 0.717) is 36.7 Å². The van der Waals surface area contributed by atoms with Crippen molar-refractivity contribution in [2.24, 2.45) is 28.8 Å². The van der Waals surface area contributed by atoms with Crippen molar-refractivity contribution in [3.63, 3.8) is 0 Å². The van der Waals surface area contributed by atoms with Crippen LogP contribution in [0, 0.1) is 23.7 Å². The van der Waals surface area contributed by atoms with Gasteiger partial charge in [0.25, 0.3) is 5.56 Å². The highest BCUT2D eigenvalue weighted by Crippen LogP contribution is 2.63. The molecule has 3 aliphatic heterocycles. The van der Waals surface area contributed by atoms with Gasteiger partial charge in [0.05, 0.1) is 31.7 Å². The monoisotopic (exact) mass is 493 g/mol. The van der Waals surface area contributed by atoms with E-state index in [1.165, 1.54) is 25.3 Å². The summed E-state index contributed by atoms with van der Waals surface area (Å²) in [6, 6.07) is -0.0776. The molecule has 3 unspecified atom stereocenters. The molecule has 4 saturated carbocycles. The second-order valence-electron chi connectivity index (χ2n) is 11.8. The molecule has 4 aliphatic carbocycles. The fraction of sp³-hybridized carbons (Fsp3) is 0.654. The Morgan fingerprint density at radius 2 is 1.94 bits per heavy atom. The van der Waals surface area contributed by atoms with Crippen LogP contribution in [0.3, 0.4) is 0 Å². The van der Waals surface area contributed by atoms with Gasteiger partial charge < -0.3 is 29.3 Å². The van der Waals surface area contributed by atoms with E-state index in [9.17, 15) is 9.59 Å². The van der Waals surface area contributed by atoms with Crippen LogP contribution in [0.2, 0.25) is 0 Å². The number of piperidine rings is 1. The molecule has 2 bridgehead atoms. The van der Waals surface area contributed by atoms with Crippen molar-refractivity contribution in [3.8, 4) is 0 Å². The van der Waals surface area contributed by atoms with E-state index in [4.69, 9.17) is 4.74 Å². The van der Waals surface area contributed by atoms with Gasteiger partial charge in [-0.1, -0.05) is 6.58 Å². The summed E-state index contributed by atoms with van der Waals surface area (Å²) in [5, 5.41) is 10.0. The molecule has 1 aromatic rings. The van der Waals surface area contributed by atoms with Crippen LogP contribution in [0.1, 0.15) is 19.3 Å². The number of hydrogen-bond acceptors (Lipinski definition) is 8. The number of amides is 1. The third-order valence-electron chi connectivity index (χ3n) is 9.63. The van der Waals surface area contributed by atoms with Gasteiger partial charge in [-0.05, 0) is 49.0 Å². The van der Waals surface area contributed by atoms with Crippen molar-refractivity contribution in [1.29, 1.82) is 0 Å². The molecule has 0 aromatic carbocycles. The Bertz CT molecular complexity index is 1210. The van der Waals surface area contributed by atoms with E-state index in [-0.39, 0.29) is 23.0 Å². The molecule has 1 amide bonds. The Morgan fingerprint density at radius 1 is 1.22 bits per heavy atom. The van der Waals surface area contributed by atoms with Crippen LogP contribution in [0.5, 0.6) is 0 Å². The third kappa shape index (κ3) is 2.99. The number of methoxy groups -OCH3 is 1. The Hall–Kier alpha value is -3.17. The van der Waals surface area contributed by atoms with Gasteiger partial charge >= 0.3 is 0 Å². The number of rotatable bonds is 6. The van der Waals surface area contributed by atoms with E-state index in [1.807, 2.05) is 27.7 Å². The zero-order chi connectivity index (χ0) is 24.9. The van der Waals surface area contributed by atoms with E-state index in [2.05, 4.69) is 33.8 Å². The molecule has 0 radical (unpaired) electrons. The fourth-order valence-electron chi connectivity index (χ4n) is 7.57. The highest BCUT2D eigenvalue weighted by atomic mass is 16.5. The van der Waals surface area contributed by atoms with Crippen LogP contribution < -0.4 is 20.7 Å². The normalized spacial score (nSPS) is 35.1. The number of pyridine rings is 1. The maximum atomic E-state index is 14.0. The van der Waals surface area contributed by atoms with Gasteiger partial charge in [0.1, 0.15) is 11.7 Å². The number of likely N-dealkylation sites (tertiary alicyclic amines) is 1. The lowest BCUT2D eigenvalue weighted by molar-refractivity contribution is -0.125. The molecule has 8 rings (SSSR count). The van der Waals surface area contributed by atoms with Gasteiger partial charge in [-0.25, -0.2) is 0 Å². The highest BCUT2D eigenvalue weighted by molar-refractivity contribution is 5.92. The molecule has 1 saturated heterocycles. The molecule has 5 fully saturated rings. The quantitative estimate of drug-likeness (QED) is 0.596. The smallest absolute Gasteiger partial charge is 0.276 e. The van der Waals surface area contributed by atoms with Crippen molar-refractivity contribution in [1.82, 2.24) is 14.5 Å². The number of aromatic nitrogens is 1. The van der Waals surface area contributed by atoms with Crippen LogP contribution in [-0.2, 0) is 16.1 Å². The van der Waals surface area contributed by atoms with Crippen LogP contribution >= 0.6 is 0 Å². The topological polar surface area (TPSA) is 85.7 Å². The number of carbonyl (C=O) groups is 1. The minimum absolute atomic E-state index is 0.0107. The van der Waals surface area contributed by atoms with Crippen molar-refractivity contribution >= 4 is 28.9 Å². The summed E-state index contributed by atoms with van der Waals surface area (Å²) in [7, 11) is 5.68. The number of likely N-dealkylation sites (N-methyl/N-ethyl adjacent to an activating group) is 1. The van der Waals surface area contributed by atoms with Crippen LogP contribution in [-0.4, -0.2) is 85.4 Å². The largest absolute Gasteiger partial charge is 0.482 e. The number of nitrogens with one attached hydrogen (secondary N) is 1. The summed E-state index contributed by atoms with van der Waals surface area (Å²) >= 11 is 0. The summed E-state index contributed by atoms with van der Waals surface area (Å²) < 4.78 is 7.49. The first kappa shape index (κ1) is 22.1. The maximum Gasteiger partial charge on any atom is 0.276 e. The first-order valence-electron chi connectivity index (χ1n) is 13.1. The van der Waals surface area contributed by atoms with Gasteiger partial charge in [0.2, 0.25) is 11.8 Å². The average Bonchev–Trinajstić information content (AvgIpc) is 3.16. The Labute approximate surface area is 211 Å². The number of carbonyl (C=O) groups excluding carboxylic acids is 1. The van der Waals surface area contributed by atoms with Gasteiger partial charge in [-0.15, -0.1) is 5.10 Å². The van der Waals surface area contributed by atoms with E-state index >= 15 is 0 Å². The number of hydrogen-bond donors (Lipinski definition) is 1. The number of hydrazone groups is 1. The molecule has 7 aliphatic rings. The Balaban J connectivity index is 1.22. The first-order valence-corrected chi connectivity index (χ1v) is 13.1. The van der Waals surface area contributed by atoms with Crippen molar-refractivity contribution in [2.45, 2.75) is 37.4 Å². The lowest BCUT2D eigenvalue weighted by atomic mass is 9.49. The third-order valence-corrected chi connectivity index (χ3v) is 9.63. The van der Waals surface area contributed by atoms with Crippen molar-refractivity contribution in [2.75, 3.05) is 62.6 Å². The molecule has 10 heteroatoms. The SMILES string of the molecule is C=CC(=O)N1CC2C(C1)C2Cn1cc(NC2CN(C)N=C2OC)c2c(c1=O)N(C13CC(C1)C3)CN2C. The molecule has 36 heavy (non-hydrogen) atoms. The molecular weight excluding hydrogens is 458 g/mol. The van der Waals surface area contributed by atoms with Gasteiger partial charge in [0, 0.05) is 45.5 Å². The minimum Gasteiger partial charge on any atom is -0.482 e. The molecule has 3 atom stereocenters. The summed E-state index contributed by atoms with van der Waals surface area (Å²) in [5.74, 6) is 2.87. The summed E-state index contributed by atoms with van der Waals surface area (Å²) in [5.41, 5.74) is 3.06. The first-order chi connectivity index (χ1) is 17.3. The van der Waals surface area contributed by atoms with Gasteiger partial charge in [-0.3, -0.25) is 14.6 Å². The zero-order valence-corrected chi connectivity index (χ0v) is 21.3. The average molecular weight is 494 g/mol. The molecule has 1 aromatic heterocycles. The number of anilines is 3.